The molecule has 284 valence electrons. The summed E-state index contributed by atoms with van der Waals surface area (Å²) in [5, 5.41) is 0. The Balaban J connectivity index is 0.000000211. The van der Waals surface area contributed by atoms with Crippen LogP contribution in [0.5, 0.6) is 0 Å². The lowest BCUT2D eigenvalue weighted by atomic mass is 10.4. The molecule has 0 N–H and O–H groups in total. The zero-order valence-electron chi connectivity index (χ0n) is 27.7. The highest BCUT2D eigenvalue weighted by molar-refractivity contribution is 7.97. The second-order valence-corrected chi connectivity index (χ2v) is 17.1. The first-order valence-corrected chi connectivity index (χ1v) is 20.5. The fraction of sp³-hybridized carbons (Fsp3) is 0.0526. The van der Waals surface area contributed by atoms with Crippen LogP contribution in [0.2, 0.25) is 0 Å². The van der Waals surface area contributed by atoms with Gasteiger partial charge in [0.15, 0.2) is 49.6 Å². The van der Waals surface area contributed by atoms with Crippen LogP contribution >= 0.6 is 0 Å². The molecule has 6 aromatic rings. The van der Waals surface area contributed by atoms with Crippen molar-refractivity contribution < 1.29 is 52.3 Å². The summed E-state index contributed by atoms with van der Waals surface area (Å²) in [6, 6.07) is 64.3. The van der Waals surface area contributed by atoms with Crippen LogP contribution in [-0.2, 0) is 42.0 Å². The number of alkyl halides is 6. The van der Waals surface area contributed by atoms with Crippen LogP contribution in [0.1, 0.15) is 0 Å². The predicted octanol–water partition coefficient (Wildman–Crippen LogP) is 9.67. The highest BCUT2D eigenvalue weighted by Gasteiger charge is 2.37. The molecule has 0 spiro atoms. The molecule has 0 amide bonds. The molecule has 0 radical (unpaired) electrons. The van der Waals surface area contributed by atoms with Crippen LogP contribution < -0.4 is 0 Å². The fourth-order valence-electron chi connectivity index (χ4n) is 4.16. The van der Waals surface area contributed by atoms with Crippen molar-refractivity contribution in [2.45, 2.75) is 40.4 Å². The molecule has 0 aliphatic carbocycles. The first-order chi connectivity index (χ1) is 25.4. The second-order valence-electron chi connectivity index (χ2n) is 10.3. The van der Waals surface area contributed by atoms with Gasteiger partial charge in [0.1, 0.15) is 0 Å². The maximum atomic E-state index is 10.7. The standard InChI is InChI=1S/2C18H15S.2CHF3O3S/c2*1-4-10-16(11-5-1)19(17-12-6-2-7-13-17)18-14-8-3-9-15-18;2*2-1(3,4)8(5,6)7/h2*1-15H;2*(H,5,6,7)/q2*+1;;/p-2. The van der Waals surface area contributed by atoms with E-state index >= 15 is 0 Å². The van der Waals surface area contributed by atoms with Gasteiger partial charge in [-0.05, 0) is 72.8 Å². The number of halogens is 6. The van der Waals surface area contributed by atoms with Crippen molar-refractivity contribution in [1.82, 2.24) is 0 Å². The van der Waals surface area contributed by atoms with E-state index in [0.29, 0.717) is 0 Å². The van der Waals surface area contributed by atoms with Gasteiger partial charge in [-0.1, -0.05) is 109 Å². The Hall–Kier alpha value is -4.58. The summed E-state index contributed by atoms with van der Waals surface area (Å²) in [5.74, 6) is 0. The van der Waals surface area contributed by atoms with Gasteiger partial charge in [-0.2, -0.15) is 26.3 Å². The van der Waals surface area contributed by atoms with E-state index in [1.54, 1.807) is 0 Å². The lowest BCUT2D eigenvalue weighted by Gasteiger charge is -2.08. The molecule has 0 aliphatic rings. The van der Waals surface area contributed by atoms with E-state index in [4.69, 9.17) is 25.9 Å². The van der Waals surface area contributed by atoms with Gasteiger partial charge in [0.25, 0.3) is 0 Å². The van der Waals surface area contributed by atoms with Gasteiger partial charge in [0.05, 0.1) is 21.8 Å². The molecule has 54 heavy (non-hydrogen) atoms. The van der Waals surface area contributed by atoms with Gasteiger partial charge in [0.2, 0.25) is 0 Å². The normalized spacial score (nSPS) is 11.6. The van der Waals surface area contributed by atoms with Crippen molar-refractivity contribution in [2.24, 2.45) is 0 Å². The number of hydrogen-bond donors (Lipinski definition) is 0. The summed E-state index contributed by atoms with van der Waals surface area (Å²) < 4.78 is 118. The Morgan fingerprint density at radius 3 is 0.519 bits per heavy atom. The van der Waals surface area contributed by atoms with Crippen LogP contribution in [0, 0.1) is 0 Å². The molecule has 0 bridgehead atoms. The Labute approximate surface area is 315 Å². The predicted molar refractivity (Wildman–Crippen MR) is 194 cm³/mol. The SMILES string of the molecule is O=S(=O)([O-])C(F)(F)F.O=S(=O)([O-])C(F)(F)F.c1ccc([S+](c2ccccc2)c2ccccc2)cc1.c1ccc([S+](c2ccccc2)c2ccccc2)cc1. The second kappa shape index (κ2) is 20.2. The van der Waals surface area contributed by atoms with E-state index in [-0.39, 0.29) is 21.8 Å². The average molecular weight is 825 g/mol. The Morgan fingerprint density at radius 2 is 0.426 bits per heavy atom. The summed E-state index contributed by atoms with van der Waals surface area (Å²) in [5.41, 5.74) is -11.3. The van der Waals surface area contributed by atoms with Crippen molar-refractivity contribution in [1.29, 1.82) is 0 Å². The topological polar surface area (TPSA) is 114 Å². The molecular formula is C38H30F6O6S4. The van der Waals surface area contributed by atoms with Crippen LogP contribution in [0.3, 0.4) is 0 Å². The number of rotatable bonds is 6. The van der Waals surface area contributed by atoms with Crippen LogP contribution in [0.4, 0.5) is 26.3 Å². The maximum Gasteiger partial charge on any atom is 0.485 e. The van der Waals surface area contributed by atoms with Gasteiger partial charge in [-0.3, -0.25) is 0 Å². The quantitative estimate of drug-likeness (QED) is 0.0716. The first kappa shape index (κ1) is 43.8. The van der Waals surface area contributed by atoms with Crippen molar-refractivity contribution in [3.8, 4) is 0 Å². The van der Waals surface area contributed by atoms with Crippen molar-refractivity contribution in [3.63, 3.8) is 0 Å². The number of benzene rings is 6. The third kappa shape index (κ3) is 14.0. The monoisotopic (exact) mass is 824 g/mol. The van der Waals surface area contributed by atoms with Crippen molar-refractivity contribution in [2.75, 3.05) is 0 Å². The highest BCUT2D eigenvalue weighted by Crippen LogP contribution is 2.32. The number of hydrogen-bond acceptors (Lipinski definition) is 6. The van der Waals surface area contributed by atoms with Gasteiger partial charge >= 0.3 is 11.0 Å². The Bertz CT molecular complexity index is 1830. The first-order valence-electron chi connectivity index (χ1n) is 15.2. The molecule has 0 atom stereocenters. The molecule has 0 saturated heterocycles. The van der Waals surface area contributed by atoms with E-state index in [2.05, 4.69) is 182 Å². The molecule has 0 aliphatic heterocycles. The minimum Gasteiger partial charge on any atom is -0.741 e. The summed E-state index contributed by atoms with van der Waals surface area (Å²) >= 11 is 0. The van der Waals surface area contributed by atoms with E-state index in [0.717, 1.165) is 0 Å². The van der Waals surface area contributed by atoms with Gasteiger partial charge < -0.3 is 9.11 Å². The van der Waals surface area contributed by atoms with E-state index in [9.17, 15) is 26.3 Å². The van der Waals surface area contributed by atoms with E-state index in [1.165, 1.54) is 29.4 Å². The smallest absolute Gasteiger partial charge is 0.485 e. The minimum atomic E-state index is -6.09. The molecule has 6 nitrogen and oxygen atoms in total. The Kier molecular flexibility index (Phi) is 16.4. The highest BCUT2D eigenvalue weighted by atomic mass is 32.2. The molecule has 0 fully saturated rings. The average Bonchev–Trinajstić information content (AvgIpc) is 3.14. The molecule has 16 heteroatoms. The molecule has 6 rings (SSSR count). The molecular weight excluding hydrogens is 795 g/mol. The lowest BCUT2D eigenvalue weighted by molar-refractivity contribution is -0.0522. The molecule has 6 aromatic carbocycles. The van der Waals surface area contributed by atoms with Gasteiger partial charge in [-0.25, -0.2) is 16.8 Å². The summed E-state index contributed by atoms with van der Waals surface area (Å²) in [6.07, 6.45) is 0. The maximum absolute atomic E-state index is 10.7. The van der Waals surface area contributed by atoms with Crippen molar-refractivity contribution >= 4 is 42.0 Å². The van der Waals surface area contributed by atoms with Gasteiger partial charge in [-0.15, -0.1) is 0 Å². The third-order valence-electron chi connectivity index (χ3n) is 6.44. The Morgan fingerprint density at radius 1 is 0.315 bits per heavy atom. The van der Waals surface area contributed by atoms with Gasteiger partial charge in [0, 0.05) is 0 Å². The molecule has 0 saturated carbocycles. The summed E-state index contributed by atoms with van der Waals surface area (Å²) in [6.45, 7) is 0. The summed E-state index contributed by atoms with van der Waals surface area (Å²) in [7, 11) is -12.2. The zero-order valence-corrected chi connectivity index (χ0v) is 30.9. The molecule has 0 unspecified atom stereocenters. The molecule has 0 aromatic heterocycles. The van der Waals surface area contributed by atoms with Crippen LogP contribution in [0.25, 0.3) is 0 Å². The van der Waals surface area contributed by atoms with E-state index < -0.39 is 31.3 Å². The lowest BCUT2D eigenvalue weighted by Crippen LogP contribution is -2.21. The zero-order chi connectivity index (χ0) is 39.8. The largest absolute Gasteiger partial charge is 0.741 e. The van der Waals surface area contributed by atoms with Crippen LogP contribution in [-0.4, -0.2) is 37.0 Å². The van der Waals surface area contributed by atoms with Crippen LogP contribution in [0.15, 0.2) is 211 Å². The minimum absolute atomic E-state index is 0.0146. The van der Waals surface area contributed by atoms with E-state index in [1.807, 2.05) is 0 Å². The van der Waals surface area contributed by atoms with Crippen molar-refractivity contribution in [3.05, 3.63) is 182 Å². The summed E-state index contributed by atoms with van der Waals surface area (Å²) in [4.78, 5) is 8.17. The molecule has 0 heterocycles. The third-order valence-corrected chi connectivity index (χ3v) is 12.0. The fourth-order valence-corrected chi connectivity index (χ4v) is 8.36.